The van der Waals surface area contributed by atoms with Crippen LogP contribution in [0.5, 0.6) is 5.75 Å². The Hall–Kier alpha value is -2.88. The first-order valence-corrected chi connectivity index (χ1v) is 5.99. The SMILES string of the molecule is Cc1n[nH]c(=S)n(N=Cc2cc([N+](=O)[O-])ccc2[O-])c1=O. The van der Waals surface area contributed by atoms with Crippen molar-refractivity contribution in [3.63, 3.8) is 0 Å². The number of rotatable bonds is 3. The van der Waals surface area contributed by atoms with Crippen molar-refractivity contribution in [1.29, 1.82) is 0 Å². The van der Waals surface area contributed by atoms with Gasteiger partial charge in [-0.1, -0.05) is 11.8 Å². The molecule has 1 aromatic carbocycles. The summed E-state index contributed by atoms with van der Waals surface area (Å²) < 4.78 is 0.787. The molecule has 2 rings (SSSR count). The van der Waals surface area contributed by atoms with Gasteiger partial charge >= 0.3 is 0 Å². The molecule has 0 aliphatic rings. The molecule has 0 saturated heterocycles. The summed E-state index contributed by atoms with van der Waals surface area (Å²) in [6, 6.07) is 3.22. The Labute approximate surface area is 122 Å². The minimum absolute atomic E-state index is 0.0278. The van der Waals surface area contributed by atoms with Gasteiger partial charge in [0.1, 0.15) is 5.69 Å². The van der Waals surface area contributed by atoms with Crippen LogP contribution in [0.2, 0.25) is 0 Å². The second-order valence-electron chi connectivity index (χ2n) is 3.95. The summed E-state index contributed by atoms with van der Waals surface area (Å²) in [6.45, 7) is 1.46. The summed E-state index contributed by atoms with van der Waals surface area (Å²) in [4.78, 5) is 21.8. The highest BCUT2D eigenvalue weighted by Gasteiger charge is 2.06. The van der Waals surface area contributed by atoms with E-state index in [-0.39, 0.29) is 21.7 Å². The molecule has 0 fully saturated rings. The predicted molar refractivity (Wildman–Crippen MR) is 74.0 cm³/mol. The zero-order valence-electron chi connectivity index (χ0n) is 10.6. The van der Waals surface area contributed by atoms with Crippen LogP contribution in [0.1, 0.15) is 11.3 Å². The second kappa shape index (κ2) is 5.63. The summed E-state index contributed by atoms with van der Waals surface area (Å²) in [5.41, 5.74) is -0.686. The number of aromatic nitrogens is 3. The first-order valence-electron chi connectivity index (χ1n) is 5.58. The molecule has 9 nitrogen and oxygen atoms in total. The third kappa shape index (κ3) is 3.00. The molecule has 0 radical (unpaired) electrons. The average Bonchev–Trinajstić information content (AvgIpc) is 2.44. The standard InChI is InChI=1S/C11H9N5O4S/c1-6-10(18)15(11(21)14-13-6)12-5-7-4-8(16(19)20)2-3-9(7)17/h2-5,17H,1H3,(H,14,21)/p-1. The minimum atomic E-state index is -0.633. The number of aryl methyl sites for hydroxylation is 1. The summed E-state index contributed by atoms with van der Waals surface area (Å²) in [5, 5.41) is 32.1. The van der Waals surface area contributed by atoms with Crippen LogP contribution in [0.4, 0.5) is 5.69 Å². The van der Waals surface area contributed by atoms with E-state index in [4.69, 9.17) is 12.2 Å². The van der Waals surface area contributed by atoms with Gasteiger partial charge in [0.2, 0.25) is 4.77 Å². The van der Waals surface area contributed by atoms with E-state index in [0.29, 0.717) is 0 Å². The van der Waals surface area contributed by atoms with Crippen molar-refractivity contribution in [2.24, 2.45) is 5.10 Å². The summed E-state index contributed by atoms with van der Waals surface area (Å²) in [6.07, 6.45) is 1.04. The smallest absolute Gasteiger partial charge is 0.296 e. The summed E-state index contributed by atoms with van der Waals surface area (Å²) in [7, 11) is 0. The highest BCUT2D eigenvalue weighted by Crippen LogP contribution is 2.19. The lowest BCUT2D eigenvalue weighted by atomic mass is 10.2. The highest BCUT2D eigenvalue weighted by molar-refractivity contribution is 7.71. The van der Waals surface area contributed by atoms with Gasteiger partial charge in [-0.05, 0) is 24.7 Å². The van der Waals surface area contributed by atoms with Crippen LogP contribution < -0.4 is 10.7 Å². The molecule has 0 bridgehead atoms. The number of H-pyrrole nitrogens is 1. The molecular formula is C11H8N5O4S-. The van der Waals surface area contributed by atoms with Crippen molar-refractivity contribution >= 4 is 24.1 Å². The Morgan fingerprint density at radius 3 is 2.90 bits per heavy atom. The van der Waals surface area contributed by atoms with Crippen molar-refractivity contribution in [2.75, 3.05) is 0 Å². The van der Waals surface area contributed by atoms with Gasteiger partial charge in [-0.2, -0.15) is 14.9 Å². The van der Waals surface area contributed by atoms with Gasteiger partial charge in [0.05, 0.1) is 11.1 Å². The van der Waals surface area contributed by atoms with E-state index in [1.165, 1.54) is 6.92 Å². The minimum Gasteiger partial charge on any atom is -0.872 e. The van der Waals surface area contributed by atoms with E-state index < -0.39 is 16.2 Å². The summed E-state index contributed by atoms with van der Waals surface area (Å²) >= 11 is 4.86. The quantitative estimate of drug-likeness (QED) is 0.380. The zero-order chi connectivity index (χ0) is 15.6. The molecule has 0 spiro atoms. The van der Waals surface area contributed by atoms with E-state index in [2.05, 4.69) is 15.3 Å². The first kappa shape index (κ1) is 14.5. The Bertz CT molecular complexity index is 854. The molecule has 0 saturated carbocycles. The maximum atomic E-state index is 11.8. The Balaban J connectivity index is 2.50. The molecule has 108 valence electrons. The predicted octanol–water partition coefficient (Wildman–Crippen LogP) is 0.473. The van der Waals surface area contributed by atoms with Crippen LogP contribution in [0.25, 0.3) is 0 Å². The Morgan fingerprint density at radius 1 is 1.52 bits per heavy atom. The molecule has 0 aliphatic carbocycles. The number of benzene rings is 1. The lowest BCUT2D eigenvalue weighted by Gasteiger charge is -2.08. The average molecular weight is 306 g/mol. The van der Waals surface area contributed by atoms with Crippen LogP contribution in [0.3, 0.4) is 0 Å². The molecule has 1 heterocycles. The molecule has 21 heavy (non-hydrogen) atoms. The topological polar surface area (TPSA) is 129 Å². The fraction of sp³-hybridized carbons (Fsp3) is 0.0909. The molecule has 10 heteroatoms. The van der Waals surface area contributed by atoms with E-state index in [9.17, 15) is 20.0 Å². The number of nitrogens with one attached hydrogen (secondary N) is 1. The number of non-ortho nitro benzene ring substituents is 1. The third-order valence-corrected chi connectivity index (χ3v) is 2.79. The first-order chi connectivity index (χ1) is 9.90. The van der Waals surface area contributed by atoms with Gasteiger partial charge in [-0.15, -0.1) is 0 Å². The third-order valence-electron chi connectivity index (χ3n) is 2.53. The number of nitro benzene ring substituents is 1. The lowest BCUT2D eigenvalue weighted by Crippen LogP contribution is -2.22. The van der Waals surface area contributed by atoms with Crippen LogP contribution in [0, 0.1) is 21.8 Å². The van der Waals surface area contributed by atoms with Crippen molar-refractivity contribution in [1.82, 2.24) is 14.9 Å². The monoisotopic (exact) mass is 306 g/mol. The maximum Gasteiger partial charge on any atom is 0.296 e. The number of nitro groups is 1. The number of nitrogens with zero attached hydrogens (tertiary/aromatic N) is 4. The fourth-order valence-electron chi connectivity index (χ4n) is 1.45. The number of aromatic amines is 1. The van der Waals surface area contributed by atoms with Crippen LogP contribution >= 0.6 is 12.2 Å². The van der Waals surface area contributed by atoms with Gasteiger partial charge in [0.25, 0.3) is 11.2 Å². The van der Waals surface area contributed by atoms with E-state index >= 15 is 0 Å². The molecule has 1 aromatic heterocycles. The second-order valence-corrected chi connectivity index (χ2v) is 4.34. The van der Waals surface area contributed by atoms with Gasteiger partial charge in [0.15, 0.2) is 0 Å². The van der Waals surface area contributed by atoms with Gasteiger partial charge in [-0.25, -0.2) is 0 Å². The highest BCUT2D eigenvalue weighted by atomic mass is 32.1. The van der Waals surface area contributed by atoms with Crippen LogP contribution in [0.15, 0.2) is 28.1 Å². The van der Waals surface area contributed by atoms with Crippen molar-refractivity contribution in [3.05, 3.63) is 54.7 Å². The molecule has 0 unspecified atom stereocenters. The zero-order valence-corrected chi connectivity index (χ0v) is 11.5. The lowest BCUT2D eigenvalue weighted by molar-refractivity contribution is -0.385. The van der Waals surface area contributed by atoms with Crippen molar-refractivity contribution in [2.45, 2.75) is 6.92 Å². The number of hydrogen-bond acceptors (Lipinski definition) is 7. The molecule has 2 aromatic rings. The fourth-order valence-corrected chi connectivity index (χ4v) is 1.62. The van der Waals surface area contributed by atoms with E-state index in [0.717, 1.165) is 29.1 Å². The van der Waals surface area contributed by atoms with Crippen molar-refractivity contribution < 1.29 is 10.0 Å². The molecule has 0 aliphatic heterocycles. The van der Waals surface area contributed by atoms with Crippen LogP contribution in [-0.4, -0.2) is 26.0 Å². The van der Waals surface area contributed by atoms with Crippen molar-refractivity contribution in [3.8, 4) is 5.75 Å². The van der Waals surface area contributed by atoms with Crippen LogP contribution in [-0.2, 0) is 0 Å². The molecule has 1 N–H and O–H groups in total. The van der Waals surface area contributed by atoms with Gasteiger partial charge in [0, 0.05) is 12.1 Å². The normalized spacial score (nSPS) is 10.9. The largest absolute Gasteiger partial charge is 0.872 e. The van der Waals surface area contributed by atoms with E-state index in [1.54, 1.807) is 0 Å². The van der Waals surface area contributed by atoms with E-state index in [1.807, 2.05) is 0 Å². The van der Waals surface area contributed by atoms with Gasteiger partial charge < -0.3 is 5.11 Å². The number of hydrogen-bond donors (Lipinski definition) is 1. The summed E-state index contributed by atoms with van der Waals surface area (Å²) in [5.74, 6) is -0.460. The molecule has 0 atom stereocenters. The Morgan fingerprint density at radius 2 is 2.24 bits per heavy atom. The Kier molecular flexibility index (Phi) is 3.89. The maximum absolute atomic E-state index is 11.8. The van der Waals surface area contributed by atoms with Gasteiger partial charge in [-0.3, -0.25) is 20.0 Å². The molecular weight excluding hydrogens is 298 g/mol. The molecule has 0 amide bonds.